The molecule has 38 heavy (non-hydrogen) atoms. The first kappa shape index (κ1) is 29.3. The van der Waals surface area contributed by atoms with Crippen LogP contribution in [0.5, 0.6) is 0 Å². The number of halogens is 2. The molecule has 0 bridgehead atoms. The van der Waals surface area contributed by atoms with Crippen LogP contribution in [0.1, 0.15) is 37.0 Å². The number of benzene rings is 3. The molecule has 0 aliphatic heterocycles. The molecule has 1 atom stereocenters. The maximum Gasteiger partial charge on any atom is 0.242 e. The number of sulfonamides is 1. The van der Waals surface area contributed by atoms with Crippen molar-refractivity contribution in [2.45, 2.75) is 50.7 Å². The summed E-state index contributed by atoms with van der Waals surface area (Å²) in [6.07, 6.45) is 0.455. The van der Waals surface area contributed by atoms with Gasteiger partial charge in [-0.25, -0.2) is 17.5 Å². The molecule has 0 aliphatic carbocycles. The van der Waals surface area contributed by atoms with Crippen molar-refractivity contribution in [2.75, 3.05) is 6.54 Å². The van der Waals surface area contributed by atoms with Crippen LogP contribution in [0.15, 0.2) is 77.7 Å². The van der Waals surface area contributed by atoms with Crippen molar-refractivity contribution in [1.82, 2.24) is 14.9 Å². The Bertz CT molecular complexity index is 1350. The van der Waals surface area contributed by atoms with Gasteiger partial charge in [0, 0.05) is 31.1 Å². The van der Waals surface area contributed by atoms with Crippen molar-refractivity contribution in [3.63, 3.8) is 0 Å². The Balaban J connectivity index is 1.71. The van der Waals surface area contributed by atoms with Gasteiger partial charge in [0.1, 0.15) is 11.9 Å². The van der Waals surface area contributed by atoms with Crippen molar-refractivity contribution >= 4 is 33.4 Å². The molecule has 0 aliphatic rings. The van der Waals surface area contributed by atoms with E-state index >= 15 is 0 Å². The van der Waals surface area contributed by atoms with Crippen LogP contribution >= 0.6 is 11.6 Å². The van der Waals surface area contributed by atoms with E-state index in [-0.39, 0.29) is 42.8 Å². The van der Waals surface area contributed by atoms with Gasteiger partial charge >= 0.3 is 0 Å². The van der Waals surface area contributed by atoms with E-state index in [0.29, 0.717) is 17.0 Å². The Morgan fingerprint density at radius 1 is 0.974 bits per heavy atom. The summed E-state index contributed by atoms with van der Waals surface area (Å²) in [6, 6.07) is 18.5. The average molecular weight is 560 g/mol. The maximum absolute atomic E-state index is 13.4. The summed E-state index contributed by atoms with van der Waals surface area (Å²) in [7, 11) is -3.56. The minimum Gasteiger partial charge on any atom is -0.350 e. The number of hydrogen-bond donors (Lipinski definition) is 2. The first-order valence-corrected chi connectivity index (χ1v) is 14.1. The lowest BCUT2D eigenvalue weighted by atomic mass is 10.1. The van der Waals surface area contributed by atoms with Crippen LogP contribution in [0.2, 0.25) is 5.02 Å². The fourth-order valence-electron chi connectivity index (χ4n) is 3.84. The standard InChI is InChI=1S/C28H31ClFN3O4S/c1-3-32-38(36,37)25-15-10-21(11-16-25)12-17-27(34)33(19-22-8-13-24(30)14-9-22)20(2)28(35)31-18-23-6-4-5-7-26(23)29/h4-11,13-16,20,32H,3,12,17-19H2,1-2H3,(H,31,35). The summed E-state index contributed by atoms with van der Waals surface area (Å²) < 4.78 is 40.2. The largest absolute Gasteiger partial charge is 0.350 e. The third-order valence-electron chi connectivity index (χ3n) is 6.04. The van der Waals surface area contributed by atoms with E-state index in [2.05, 4.69) is 10.0 Å². The second-order valence-corrected chi connectivity index (χ2v) is 11.0. The molecule has 0 heterocycles. The second kappa shape index (κ2) is 13.5. The van der Waals surface area contributed by atoms with Crippen LogP contribution < -0.4 is 10.0 Å². The number of nitrogens with one attached hydrogen (secondary N) is 2. The topological polar surface area (TPSA) is 95.6 Å². The van der Waals surface area contributed by atoms with Gasteiger partial charge in [-0.05, 0) is 60.4 Å². The van der Waals surface area contributed by atoms with Crippen molar-refractivity contribution in [1.29, 1.82) is 0 Å². The summed E-state index contributed by atoms with van der Waals surface area (Å²) in [4.78, 5) is 27.9. The van der Waals surface area contributed by atoms with Gasteiger partial charge in [0.25, 0.3) is 0 Å². The molecule has 0 spiro atoms. The lowest BCUT2D eigenvalue weighted by Gasteiger charge is -2.29. The van der Waals surface area contributed by atoms with Gasteiger partial charge in [-0.15, -0.1) is 0 Å². The lowest BCUT2D eigenvalue weighted by molar-refractivity contribution is -0.140. The minimum atomic E-state index is -3.56. The van der Waals surface area contributed by atoms with E-state index in [1.54, 1.807) is 50.2 Å². The summed E-state index contributed by atoms with van der Waals surface area (Å²) in [5.41, 5.74) is 2.22. The SMILES string of the molecule is CCNS(=O)(=O)c1ccc(CCC(=O)N(Cc2ccc(F)cc2)C(C)C(=O)NCc2ccccc2Cl)cc1. The fourth-order valence-corrected chi connectivity index (χ4v) is 5.09. The van der Waals surface area contributed by atoms with Crippen LogP contribution in [0.3, 0.4) is 0 Å². The highest BCUT2D eigenvalue weighted by molar-refractivity contribution is 7.89. The highest BCUT2D eigenvalue weighted by atomic mass is 35.5. The Morgan fingerprint density at radius 3 is 2.24 bits per heavy atom. The molecule has 202 valence electrons. The predicted octanol–water partition coefficient (Wildman–Crippen LogP) is 4.44. The highest BCUT2D eigenvalue weighted by Crippen LogP contribution is 2.17. The highest BCUT2D eigenvalue weighted by Gasteiger charge is 2.26. The van der Waals surface area contributed by atoms with E-state index in [4.69, 9.17) is 11.6 Å². The third-order valence-corrected chi connectivity index (χ3v) is 7.97. The molecule has 3 aromatic carbocycles. The van der Waals surface area contributed by atoms with E-state index in [1.165, 1.54) is 29.2 Å². The lowest BCUT2D eigenvalue weighted by Crippen LogP contribution is -2.47. The molecule has 0 saturated heterocycles. The molecule has 2 N–H and O–H groups in total. The van der Waals surface area contributed by atoms with Crippen LogP contribution in [0.4, 0.5) is 4.39 Å². The predicted molar refractivity (Wildman–Crippen MR) is 145 cm³/mol. The number of hydrogen-bond acceptors (Lipinski definition) is 4. The van der Waals surface area contributed by atoms with Gasteiger partial charge in [0.05, 0.1) is 4.90 Å². The molecule has 1 unspecified atom stereocenters. The molecule has 7 nitrogen and oxygen atoms in total. The summed E-state index contributed by atoms with van der Waals surface area (Å²) in [5, 5.41) is 3.37. The van der Waals surface area contributed by atoms with Gasteiger partial charge in [-0.3, -0.25) is 9.59 Å². The molecular formula is C28H31ClFN3O4S. The summed E-state index contributed by atoms with van der Waals surface area (Å²) in [6.45, 7) is 3.97. The van der Waals surface area contributed by atoms with Crippen molar-refractivity contribution in [3.05, 3.63) is 100 Å². The number of carbonyl (C=O) groups is 2. The molecule has 3 aromatic rings. The molecule has 10 heteroatoms. The third kappa shape index (κ3) is 8.11. The maximum atomic E-state index is 13.4. The quantitative estimate of drug-likeness (QED) is 0.343. The minimum absolute atomic E-state index is 0.0998. The number of aryl methyl sites for hydroxylation is 1. The Labute approximate surface area is 228 Å². The van der Waals surface area contributed by atoms with Gasteiger partial charge < -0.3 is 10.2 Å². The molecular weight excluding hydrogens is 529 g/mol. The van der Waals surface area contributed by atoms with Gasteiger partial charge in [0.2, 0.25) is 21.8 Å². The van der Waals surface area contributed by atoms with Gasteiger partial charge in [-0.2, -0.15) is 0 Å². The van der Waals surface area contributed by atoms with E-state index in [1.807, 2.05) is 12.1 Å². The smallest absolute Gasteiger partial charge is 0.242 e. The van der Waals surface area contributed by atoms with Gasteiger partial charge in [0.15, 0.2) is 0 Å². The molecule has 0 fully saturated rings. The normalized spacial score (nSPS) is 12.1. The van der Waals surface area contributed by atoms with Gasteiger partial charge in [-0.1, -0.05) is 61.0 Å². The molecule has 0 radical (unpaired) electrons. The fraction of sp³-hybridized carbons (Fsp3) is 0.286. The molecule has 0 aromatic heterocycles. The number of nitrogens with zero attached hydrogens (tertiary/aromatic N) is 1. The average Bonchev–Trinajstić information content (AvgIpc) is 2.90. The van der Waals surface area contributed by atoms with E-state index in [9.17, 15) is 22.4 Å². The van der Waals surface area contributed by atoms with Crippen LogP contribution in [0, 0.1) is 5.82 Å². The monoisotopic (exact) mass is 559 g/mol. The Kier molecular flexibility index (Phi) is 10.4. The van der Waals surface area contributed by atoms with Crippen LogP contribution in [-0.2, 0) is 39.1 Å². The zero-order valence-corrected chi connectivity index (χ0v) is 22.9. The van der Waals surface area contributed by atoms with Crippen LogP contribution in [0.25, 0.3) is 0 Å². The van der Waals surface area contributed by atoms with Crippen molar-refractivity contribution in [2.24, 2.45) is 0 Å². The van der Waals surface area contributed by atoms with E-state index in [0.717, 1.165) is 11.1 Å². The first-order chi connectivity index (χ1) is 18.1. The zero-order valence-electron chi connectivity index (χ0n) is 21.3. The number of rotatable bonds is 12. The summed E-state index contributed by atoms with van der Waals surface area (Å²) >= 11 is 6.19. The van der Waals surface area contributed by atoms with E-state index < -0.39 is 21.9 Å². The molecule has 0 saturated carbocycles. The molecule has 3 rings (SSSR count). The zero-order chi connectivity index (χ0) is 27.7. The first-order valence-electron chi connectivity index (χ1n) is 12.2. The second-order valence-electron chi connectivity index (χ2n) is 8.78. The Hall–Kier alpha value is -3.27. The molecule has 2 amide bonds. The number of carbonyl (C=O) groups excluding carboxylic acids is 2. The van der Waals surface area contributed by atoms with Crippen molar-refractivity contribution in [3.8, 4) is 0 Å². The Morgan fingerprint density at radius 2 is 1.61 bits per heavy atom. The van der Waals surface area contributed by atoms with Crippen LogP contribution in [-0.4, -0.2) is 37.7 Å². The van der Waals surface area contributed by atoms with Crippen molar-refractivity contribution < 1.29 is 22.4 Å². The number of amides is 2. The summed E-state index contributed by atoms with van der Waals surface area (Å²) in [5.74, 6) is -1.01.